The molecule has 0 aliphatic rings. The Bertz CT molecular complexity index is 2290. The number of amides is 10. The summed E-state index contributed by atoms with van der Waals surface area (Å²) in [6.07, 6.45) is 2.94. The third kappa shape index (κ3) is 20.9. The Morgan fingerprint density at radius 3 is 1.79 bits per heavy atom. The van der Waals surface area contributed by atoms with E-state index in [0.717, 1.165) is 16.0 Å². The first-order chi connectivity index (χ1) is 33.8. The molecule has 3 aromatic rings. The lowest BCUT2D eigenvalue weighted by Gasteiger charge is -2.32. The second-order valence-electron chi connectivity index (χ2n) is 17.0. The fourth-order valence-electron chi connectivity index (χ4n) is 7.10. The number of hydrogen-bond donors (Lipinski definition) is 12. The average Bonchev–Trinajstić information content (AvgIpc) is 3.33. The molecule has 384 valence electrons. The number of aliphatic hydroxyl groups is 1. The highest BCUT2D eigenvalue weighted by Gasteiger charge is 2.35. The molecule has 1 heterocycles. The van der Waals surface area contributed by atoms with Crippen molar-refractivity contribution in [3.05, 3.63) is 102 Å². The van der Waals surface area contributed by atoms with Crippen molar-refractivity contribution >= 4 is 59.2 Å². The summed E-state index contributed by atoms with van der Waals surface area (Å²) in [5, 5.41) is 22.5. The molecule has 0 saturated carbocycles. The maximum absolute atomic E-state index is 14.2. The van der Waals surface area contributed by atoms with E-state index in [-0.39, 0.29) is 63.4 Å². The first-order valence-corrected chi connectivity index (χ1v) is 22.8. The van der Waals surface area contributed by atoms with Crippen molar-refractivity contribution in [2.45, 2.75) is 101 Å². The van der Waals surface area contributed by atoms with Crippen LogP contribution in [0.4, 0.5) is 4.79 Å². The van der Waals surface area contributed by atoms with Gasteiger partial charge in [0.05, 0.1) is 13.0 Å². The van der Waals surface area contributed by atoms with Gasteiger partial charge in [-0.2, -0.15) is 0 Å². The van der Waals surface area contributed by atoms with Crippen LogP contribution in [0.15, 0.2) is 90.2 Å². The van der Waals surface area contributed by atoms with E-state index in [0.29, 0.717) is 5.56 Å². The molecule has 0 fully saturated rings. The minimum atomic E-state index is -1.70. The fraction of sp³-hybridized carbons (Fsp3) is 0.426. The summed E-state index contributed by atoms with van der Waals surface area (Å²) in [5.74, 6) is -7.16. The number of pyridine rings is 1. The second kappa shape index (κ2) is 29.7. The van der Waals surface area contributed by atoms with Crippen LogP contribution in [0.2, 0.25) is 0 Å². The number of carbonyl (C=O) groups excluding carboxylic acids is 9. The third-order valence-corrected chi connectivity index (χ3v) is 10.8. The van der Waals surface area contributed by atoms with Gasteiger partial charge in [0.25, 0.3) is 5.91 Å². The number of aliphatic imine (C=N–C) groups is 1. The number of nitrogens with zero attached hydrogens (tertiary/aromatic N) is 3. The highest BCUT2D eigenvalue weighted by molar-refractivity contribution is 5.97. The number of hydrogen-bond acceptors (Lipinski definition) is 12. The van der Waals surface area contributed by atoms with Gasteiger partial charge in [0.2, 0.25) is 41.4 Å². The molecule has 6 atom stereocenters. The highest BCUT2D eigenvalue weighted by Crippen LogP contribution is 2.14. The molecule has 10 amide bonds. The van der Waals surface area contributed by atoms with Gasteiger partial charge in [-0.3, -0.25) is 53.8 Å². The largest absolute Gasteiger partial charge is 0.394 e. The minimum absolute atomic E-state index is 0.0334. The summed E-state index contributed by atoms with van der Waals surface area (Å²) in [6, 6.07) is 11.4. The Labute approximate surface area is 411 Å². The molecule has 0 unspecified atom stereocenters. The number of nitrogens with one attached hydrogen (secondary N) is 7. The minimum Gasteiger partial charge on any atom is -0.394 e. The van der Waals surface area contributed by atoms with Crippen LogP contribution in [0.3, 0.4) is 0 Å². The topological polar surface area (TPSA) is 391 Å². The van der Waals surface area contributed by atoms with E-state index < -0.39 is 103 Å². The van der Waals surface area contributed by atoms with E-state index in [2.05, 4.69) is 47.4 Å². The number of rotatable bonds is 28. The molecule has 0 spiro atoms. The molecular weight excluding hydrogens is 921 g/mol. The molecule has 0 aliphatic carbocycles. The first-order valence-electron chi connectivity index (χ1n) is 22.8. The van der Waals surface area contributed by atoms with Gasteiger partial charge >= 0.3 is 6.03 Å². The molecule has 71 heavy (non-hydrogen) atoms. The standard InChI is InChI=1S/C47H66N14O10/c1-28(2)22-35(45(70)61(3)37(17-11-21-53-46(50)51)44(69)55-32(40(49)65)23-29-12-6-4-7-13-29)58-47(71)60-59-43(68)33(24-30-14-8-5-9-15-30)56-42(67)36(27-62)57-41(66)34(25-38(48)63)54-39(64)19-18-31-16-10-20-52-26-31/h4-10,12-16,20,26,28,32-37,62H,11,17-19,21-25,27H2,1-3H3,(H2,48,63)(H2,49,65)(H,54,64)(H,55,69)(H,56,67)(H,57,66)(H,59,68)(H4,50,51,53)(H2,58,60,71)/t32-,33-,34-,35-,36-,37-/m0/s1. The zero-order valence-corrected chi connectivity index (χ0v) is 40.0. The molecule has 0 aliphatic heterocycles. The smallest absolute Gasteiger partial charge is 0.334 e. The molecule has 0 saturated heterocycles. The Balaban J connectivity index is 1.75. The number of urea groups is 1. The van der Waals surface area contributed by atoms with Gasteiger partial charge in [0.1, 0.15) is 36.3 Å². The summed E-state index contributed by atoms with van der Waals surface area (Å²) < 4.78 is 0. The number of aliphatic hydroxyl groups excluding tert-OH is 1. The van der Waals surface area contributed by atoms with Crippen LogP contribution in [0.25, 0.3) is 0 Å². The number of likely N-dealkylation sites (N-methyl/N-ethyl adjacent to an activating group) is 1. The van der Waals surface area contributed by atoms with Crippen molar-refractivity contribution in [2.24, 2.45) is 33.8 Å². The van der Waals surface area contributed by atoms with Gasteiger partial charge < -0.3 is 59.5 Å². The van der Waals surface area contributed by atoms with Crippen LogP contribution in [-0.4, -0.2) is 131 Å². The Morgan fingerprint density at radius 1 is 0.662 bits per heavy atom. The van der Waals surface area contributed by atoms with Crippen LogP contribution >= 0.6 is 0 Å². The van der Waals surface area contributed by atoms with Crippen LogP contribution in [0, 0.1) is 5.92 Å². The molecule has 2 aromatic carbocycles. The zero-order chi connectivity index (χ0) is 52.5. The van der Waals surface area contributed by atoms with E-state index in [1.807, 2.05) is 0 Å². The second-order valence-corrected chi connectivity index (χ2v) is 17.0. The predicted molar refractivity (Wildman–Crippen MR) is 260 cm³/mol. The van der Waals surface area contributed by atoms with Crippen LogP contribution in [0.1, 0.15) is 62.6 Å². The highest BCUT2D eigenvalue weighted by atomic mass is 16.3. The van der Waals surface area contributed by atoms with Gasteiger partial charge in [-0.15, -0.1) is 0 Å². The van der Waals surface area contributed by atoms with Crippen molar-refractivity contribution in [1.82, 2.24) is 47.3 Å². The molecular formula is C47H66N14O10. The van der Waals surface area contributed by atoms with E-state index in [9.17, 15) is 48.3 Å². The third-order valence-electron chi connectivity index (χ3n) is 10.8. The Morgan fingerprint density at radius 2 is 1.24 bits per heavy atom. The lowest BCUT2D eigenvalue weighted by Crippen LogP contribution is -2.61. The molecule has 24 heteroatoms. The Kier molecular flexibility index (Phi) is 23.9. The molecule has 0 radical (unpaired) electrons. The lowest BCUT2D eigenvalue weighted by atomic mass is 10.0. The van der Waals surface area contributed by atoms with Crippen LogP contribution < -0.4 is 60.4 Å². The van der Waals surface area contributed by atoms with E-state index in [4.69, 9.17) is 22.9 Å². The van der Waals surface area contributed by atoms with E-state index in [1.54, 1.807) is 99.0 Å². The van der Waals surface area contributed by atoms with Crippen molar-refractivity contribution in [3.8, 4) is 0 Å². The van der Waals surface area contributed by atoms with Crippen molar-refractivity contribution in [2.75, 3.05) is 20.2 Å². The quantitative estimate of drug-likeness (QED) is 0.0154. The average molecular weight is 987 g/mol. The number of aryl methyl sites for hydroxylation is 1. The van der Waals surface area contributed by atoms with E-state index in [1.165, 1.54) is 7.05 Å². The number of hydrazine groups is 1. The van der Waals surface area contributed by atoms with Crippen molar-refractivity contribution in [1.29, 1.82) is 0 Å². The van der Waals surface area contributed by atoms with Gasteiger partial charge in [-0.1, -0.05) is 80.6 Å². The zero-order valence-electron chi connectivity index (χ0n) is 40.0. The molecule has 1 aromatic heterocycles. The SMILES string of the molecule is CC(C)C[C@H](NC(=O)NNC(=O)[C@H](Cc1ccccc1)NC(=O)[C@H](CO)NC(=O)[C@H](CC(N)=O)NC(=O)CCc1cccnc1)C(=O)N(C)[C@@H](CCCN=C(N)N)C(=O)N[C@@H](Cc1ccccc1)C(N)=O. The number of aromatic nitrogens is 1. The fourth-order valence-corrected chi connectivity index (χ4v) is 7.10. The Hall–Kier alpha value is -8.15. The monoisotopic (exact) mass is 987 g/mol. The summed E-state index contributed by atoms with van der Waals surface area (Å²) in [5.41, 5.74) is 28.4. The van der Waals surface area contributed by atoms with Crippen molar-refractivity contribution < 1.29 is 48.3 Å². The number of carbonyl (C=O) groups is 9. The maximum atomic E-state index is 14.2. The van der Waals surface area contributed by atoms with Gasteiger partial charge in [0.15, 0.2) is 5.96 Å². The van der Waals surface area contributed by atoms with Crippen LogP contribution in [0.5, 0.6) is 0 Å². The first kappa shape index (κ1) is 57.2. The normalized spacial score (nSPS) is 13.3. The molecule has 24 nitrogen and oxygen atoms in total. The predicted octanol–water partition coefficient (Wildman–Crippen LogP) is -2.58. The molecule has 16 N–H and O–H groups in total. The number of benzene rings is 2. The maximum Gasteiger partial charge on any atom is 0.334 e. The number of primary amides is 2. The summed E-state index contributed by atoms with van der Waals surface area (Å²) in [4.78, 5) is 128. The summed E-state index contributed by atoms with van der Waals surface area (Å²) in [7, 11) is 1.36. The summed E-state index contributed by atoms with van der Waals surface area (Å²) in [6.45, 7) is 2.72. The number of nitrogens with two attached hydrogens (primary N) is 4. The van der Waals surface area contributed by atoms with Crippen LogP contribution in [-0.2, 0) is 57.6 Å². The number of guanidine groups is 1. The molecule has 3 rings (SSSR count). The van der Waals surface area contributed by atoms with Gasteiger partial charge in [0, 0.05) is 45.2 Å². The van der Waals surface area contributed by atoms with Crippen molar-refractivity contribution in [3.63, 3.8) is 0 Å². The van der Waals surface area contributed by atoms with Gasteiger partial charge in [-0.25, -0.2) is 10.2 Å². The van der Waals surface area contributed by atoms with E-state index >= 15 is 0 Å². The lowest BCUT2D eigenvalue weighted by molar-refractivity contribution is -0.141. The summed E-state index contributed by atoms with van der Waals surface area (Å²) >= 11 is 0. The molecule has 0 bridgehead atoms. The van der Waals surface area contributed by atoms with Gasteiger partial charge in [-0.05, 0) is 54.4 Å².